The van der Waals surface area contributed by atoms with Crippen molar-refractivity contribution >= 4 is 16.9 Å². The summed E-state index contributed by atoms with van der Waals surface area (Å²) in [5.41, 5.74) is 4.46. The van der Waals surface area contributed by atoms with Gasteiger partial charge in [-0.25, -0.2) is 4.98 Å². The highest BCUT2D eigenvalue weighted by Crippen LogP contribution is 2.18. The highest BCUT2D eigenvalue weighted by molar-refractivity contribution is 5.81. The number of rotatable bonds is 6. The maximum absolute atomic E-state index is 12.8. The first-order chi connectivity index (χ1) is 10.8. The van der Waals surface area contributed by atoms with Gasteiger partial charge in [0.2, 0.25) is 5.91 Å². The van der Waals surface area contributed by atoms with E-state index in [4.69, 9.17) is 0 Å². The van der Waals surface area contributed by atoms with Crippen molar-refractivity contribution in [2.45, 2.75) is 48.1 Å². The van der Waals surface area contributed by atoms with Gasteiger partial charge in [-0.15, -0.1) is 0 Å². The highest BCUT2D eigenvalue weighted by Gasteiger charge is 2.17. The summed E-state index contributed by atoms with van der Waals surface area (Å²) in [7, 11) is 0. The minimum Gasteiger partial charge on any atom is -0.341 e. The van der Waals surface area contributed by atoms with Crippen LogP contribution in [0, 0.1) is 25.7 Å². The van der Waals surface area contributed by atoms with Crippen molar-refractivity contribution in [3.8, 4) is 0 Å². The van der Waals surface area contributed by atoms with Gasteiger partial charge in [-0.1, -0.05) is 27.7 Å². The van der Waals surface area contributed by atoms with E-state index in [9.17, 15) is 4.79 Å². The third kappa shape index (κ3) is 4.34. The molecule has 1 heterocycles. The number of aryl methyl sites for hydroxylation is 2. The Labute approximate surface area is 139 Å². The predicted octanol–water partition coefficient (Wildman–Crippen LogP) is 3.79. The van der Waals surface area contributed by atoms with E-state index in [-0.39, 0.29) is 5.91 Å². The molecule has 0 aliphatic rings. The first-order valence-electron chi connectivity index (χ1n) is 8.47. The second-order valence-electron chi connectivity index (χ2n) is 7.38. The Morgan fingerprint density at radius 2 is 1.65 bits per heavy atom. The molecule has 2 aromatic rings. The number of benzene rings is 1. The van der Waals surface area contributed by atoms with E-state index < -0.39 is 0 Å². The van der Waals surface area contributed by atoms with Crippen molar-refractivity contribution in [2.24, 2.45) is 11.8 Å². The number of carbonyl (C=O) groups excluding carboxylic acids is 1. The van der Waals surface area contributed by atoms with Gasteiger partial charge in [-0.3, -0.25) is 4.79 Å². The van der Waals surface area contributed by atoms with Crippen LogP contribution in [0.15, 0.2) is 18.5 Å². The molecular weight excluding hydrogens is 286 g/mol. The monoisotopic (exact) mass is 315 g/mol. The Kier molecular flexibility index (Phi) is 5.45. The SMILES string of the molecule is Cc1cc2ncn(CC(=O)N(CC(C)C)CC(C)C)c2cc1C. The zero-order valence-corrected chi connectivity index (χ0v) is 15.3. The summed E-state index contributed by atoms with van der Waals surface area (Å²) >= 11 is 0. The van der Waals surface area contributed by atoms with Gasteiger partial charge in [0, 0.05) is 13.1 Å². The van der Waals surface area contributed by atoms with Gasteiger partial charge in [0.25, 0.3) is 0 Å². The van der Waals surface area contributed by atoms with Crippen LogP contribution in [-0.2, 0) is 11.3 Å². The highest BCUT2D eigenvalue weighted by atomic mass is 16.2. The van der Waals surface area contributed by atoms with Crippen LogP contribution in [-0.4, -0.2) is 33.4 Å². The van der Waals surface area contributed by atoms with E-state index in [2.05, 4.69) is 58.7 Å². The zero-order valence-electron chi connectivity index (χ0n) is 15.3. The van der Waals surface area contributed by atoms with Crippen LogP contribution < -0.4 is 0 Å². The Morgan fingerprint density at radius 1 is 1.09 bits per heavy atom. The van der Waals surface area contributed by atoms with Crippen LogP contribution in [0.5, 0.6) is 0 Å². The zero-order chi connectivity index (χ0) is 17.1. The average molecular weight is 315 g/mol. The first-order valence-corrected chi connectivity index (χ1v) is 8.47. The lowest BCUT2D eigenvalue weighted by molar-refractivity contribution is -0.132. The molecule has 23 heavy (non-hydrogen) atoms. The van der Waals surface area contributed by atoms with Gasteiger partial charge in [0.1, 0.15) is 6.54 Å². The first kappa shape index (κ1) is 17.5. The van der Waals surface area contributed by atoms with E-state index in [1.54, 1.807) is 6.33 Å². The van der Waals surface area contributed by atoms with Crippen molar-refractivity contribution in [3.63, 3.8) is 0 Å². The van der Waals surface area contributed by atoms with Gasteiger partial charge in [-0.2, -0.15) is 0 Å². The van der Waals surface area contributed by atoms with Gasteiger partial charge in [-0.05, 0) is 48.9 Å². The maximum Gasteiger partial charge on any atom is 0.242 e. The number of nitrogens with zero attached hydrogens (tertiary/aromatic N) is 3. The molecule has 0 saturated heterocycles. The van der Waals surface area contributed by atoms with E-state index >= 15 is 0 Å². The van der Waals surface area contributed by atoms with Gasteiger partial charge in [0.15, 0.2) is 0 Å². The molecule has 0 fully saturated rings. The fourth-order valence-electron chi connectivity index (χ4n) is 2.84. The van der Waals surface area contributed by atoms with Crippen LogP contribution >= 0.6 is 0 Å². The summed E-state index contributed by atoms with van der Waals surface area (Å²) < 4.78 is 1.97. The fraction of sp³-hybridized carbons (Fsp3) is 0.579. The maximum atomic E-state index is 12.8. The number of aromatic nitrogens is 2. The third-order valence-corrected chi connectivity index (χ3v) is 4.07. The molecule has 0 N–H and O–H groups in total. The second kappa shape index (κ2) is 7.16. The van der Waals surface area contributed by atoms with Crippen LogP contribution in [0.3, 0.4) is 0 Å². The standard InChI is InChI=1S/C19H29N3O/c1-13(2)9-21(10-14(3)4)19(23)11-22-12-20-17-7-15(5)16(6)8-18(17)22/h7-8,12-14H,9-11H2,1-6H3. The molecule has 0 bridgehead atoms. The summed E-state index contributed by atoms with van der Waals surface area (Å²) in [6.07, 6.45) is 1.78. The number of amides is 1. The number of carbonyl (C=O) groups is 1. The van der Waals surface area contributed by atoms with Gasteiger partial charge < -0.3 is 9.47 Å². The van der Waals surface area contributed by atoms with E-state index in [1.165, 1.54) is 11.1 Å². The smallest absolute Gasteiger partial charge is 0.242 e. The van der Waals surface area contributed by atoms with E-state index in [0.29, 0.717) is 18.4 Å². The predicted molar refractivity (Wildman–Crippen MR) is 95.5 cm³/mol. The van der Waals surface area contributed by atoms with Crippen molar-refractivity contribution in [3.05, 3.63) is 29.6 Å². The molecule has 0 aliphatic carbocycles. The van der Waals surface area contributed by atoms with Crippen molar-refractivity contribution in [2.75, 3.05) is 13.1 Å². The quantitative estimate of drug-likeness (QED) is 0.813. The molecule has 0 saturated carbocycles. The van der Waals surface area contributed by atoms with Gasteiger partial charge in [0.05, 0.1) is 17.4 Å². The molecule has 0 spiro atoms. The molecule has 2 rings (SSSR count). The lowest BCUT2D eigenvalue weighted by Crippen LogP contribution is -2.38. The number of imidazole rings is 1. The Balaban J connectivity index is 2.22. The summed E-state index contributed by atoms with van der Waals surface area (Å²) in [5.74, 6) is 1.12. The second-order valence-corrected chi connectivity index (χ2v) is 7.38. The van der Waals surface area contributed by atoms with Crippen LogP contribution in [0.2, 0.25) is 0 Å². The van der Waals surface area contributed by atoms with Crippen LogP contribution in [0.25, 0.3) is 11.0 Å². The molecule has 1 aromatic carbocycles. The molecule has 0 radical (unpaired) electrons. The summed E-state index contributed by atoms with van der Waals surface area (Å²) in [5, 5.41) is 0. The average Bonchev–Trinajstić information content (AvgIpc) is 2.80. The molecule has 0 aliphatic heterocycles. The molecule has 0 atom stereocenters. The molecular formula is C19H29N3O. The Hall–Kier alpha value is -1.84. The third-order valence-electron chi connectivity index (χ3n) is 4.07. The topological polar surface area (TPSA) is 38.1 Å². The molecule has 4 nitrogen and oxygen atoms in total. The molecule has 1 aromatic heterocycles. The van der Waals surface area contributed by atoms with Crippen molar-refractivity contribution in [1.29, 1.82) is 0 Å². The lowest BCUT2D eigenvalue weighted by Gasteiger charge is -2.26. The molecule has 0 unspecified atom stereocenters. The molecule has 4 heteroatoms. The Bertz CT molecular complexity index is 675. The normalized spacial score (nSPS) is 11.7. The van der Waals surface area contributed by atoms with E-state index in [0.717, 1.165) is 24.1 Å². The fourth-order valence-corrected chi connectivity index (χ4v) is 2.84. The molecule has 126 valence electrons. The lowest BCUT2D eigenvalue weighted by atomic mass is 10.1. The largest absolute Gasteiger partial charge is 0.341 e. The van der Waals surface area contributed by atoms with Gasteiger partial charge >= 0.3 is 0 Å². The van der Waals surface area contributed by atoms with E-state index in [1.807, 2.05) is 9.47 Å². The number of fused-ring (bicyclic) bond motifs is 1. The summed E-state index contributed by atoms with van der Waals surface area (Å²) in [6, 6.07) is 4.21. The van der Waals surface area contributed by atoms with Crippen LogP contribution in [0.4, 0.5) is 0 Å². The Morgan fingerprint density at radius 3 is 2.22 bits per heavy atom. The number of hydrogen-bond donors (Lipinski definition) is 0. The minimum atomic E-state index is 0.171. The number of hydrogen-bond acceptors (Lipinski definition) is 2. The minimum absolute atomic E-state index is 0.171. The summed E-state index contributed by atoms with van der Waals surface area (Å²) in [4.78, 5) is 19.2. The molecule has 1 amide bonds. The van der Waals surface area contributed by atoms with Crippen molar-refractivity contribution in [1.82, 2.24) is 14.5 Å². The summed E-state index contributed by atoms with van der Waals surface area (Å²) in [6.45, 7) is 14.8. The van der Waals surface area contributed by atoms with Crippen LogP contribution in [0.1, 0.15) is 38.8 Å². The van der Waals surface area contributed by atoms with Crippen molar-refractivity contribution < 1.29 is 4.79 Å².